The third-order valence-corrected chi connectivity index (χ3v) is 3.82. The molecule has 3 heteroatoms. The summed E-state index contributed by atoms with van der Waals surface area (Å²) < 4.78 is 0. The number of hydrogen-bond acceptors (Lipinski definition) is 3. The molecule has 88 valence electrons. The van der Waals surface area contributed by atoms with Crippen LogP contribution in [0.1, 0.15) is 26.2 Å². The highest BCUT2D eigenvalue weighted by atomic mass is 15.2. The van der Waals surface area contributed by atoms with Crippen LogP contribution in [0.25, 0.3) is 0 Å². The van der Waals surface area contributed by atoms with Crippen molar-refractivity contribution >= 4 is 0 Å². The summed E-state index contributed by atoms with van der Waals surface area (Å²) in [6.07, 6.45) is 4.07. The van der Waals surface area contributed by atoms with E-state index < -0.39 is 0 Å². The molecule has 3 nitrogen and oxygen atoms in total. The maximum absolute atomic E-state index is 3.83. The molecule has 0 saturated carbocycles. The zero-order chi connectivity index (χ0) is 10.7. The molecule has 2 saturated heterocycles. The first-order chi connectivity index (χ1) is 7.28. The van der Waals surface area contributed by atoms with Gasteiger partial charge in [-0.15, -0.1) is 0 Å². The summed E-state index contributed by atoms with van der Waals surface area (Å²) in [6, 6.07) is 1.49. The van der Waals surface area contributed by atoms with Crippen molar-refractivity contribution in [2.45, 2.75) is 38.3 Å². The number of rotatable bonds is 3. The molecular formula is C12H25N3. The van der Waals surface area contributed by atoms with Crippen LogP contribution in [-0.4, -0.2) is 61.7 Å². The van der Waals surface area contributed by atoms with Crippen LogP contribution in [0.4, 0.5) is 0 Å². The molecule has 0 amide bonds. The molecule has 0 radical (unpaired) electrons. The largest absolute Gasteiger partial charge is 0.309 e. The monoisotopic (exact) mass is 211 g/mol. The molecule has 0 aromatic carbocycles. The molecule has 0 aromatic rings. The van der Waals surface area contributed by atoms with Gasteiger partial charge in [0.15, 0.2) is 0 Å². The Balaban J connectivity index is 1.74. The minimum atomic E-state index is 0.746. The van der Waals surface area contributed by atoms with Gasteiger partial charge in [-0.05, 0) is 45.9 Å². The van der Waals surface area contributed by atoms with Gasteiger partial charge in [-0.3, -0.25) is 0 Å². The Bertz CT molecular complexity index is 195. The second kappa shape index (κ2) is 5.28. The number of likely N-dealkylation sites (tertiary alicyclic amines) is 2. The Hall–Kier alpha value is -0.120. The molecule has 15 heavy (non-hydrogen) atoms. The summed E-state index contributed by atoms with van der Waals surface area (Å²) in [5.74, 6) is 0. The summed E-state index contributed by atoms with van der Waals surface area (Å²) >= 11 is 0. The molecule has 2 fully saturated rings. The van der Waals surface area contributed by atoms with Gasteiger partial charge >= 0.3 is 0 Å². The number of piperidine rings is 1. The van der Waals surface area contributed by atoms with Crippen molar-refractivity contribution in [3.8, 4) is 0 Å². The molecule has 2 unspecified atom stereocenters. The van der Waals surface area contributed by atoms with Gasteiger partial charge in [0.1, 0.15) is 0 Å². The maximum Gasteiger partial charge on any atom is 0.0210 e. The van der Waals surface area contributed by atoms with Crippen molar-refractivity contribution in [1.29, 1.82) is 0 Å². The van der Waals surface area contributed by atoms with E-state index in [9.17, 15) is 0 Å². The molecule has 0 aromatic heterocycles. The fourth-order valence-electron chi connectivity index (χ4n) is 2.88. The smallest absolute Gasteiger partial charge is 0.0210 e. The van der Waals surface area contributed by atoms with Gasteiger partial charge in [-0.1, -0.05) is 6.92 Å². The Labute approximate surface area is 93.8 Å². The molecule has 2 atom stereocenters. The molecule has 1 N–H and O–H groups in total. The van der Waals surface area contributed by atoms with Crippen molar-refractivity contribution in [2.24, 2.45) is 0 Å². The highest BCUT2D eigenvalue weighted by Crippen LogP contribution is 2.13. The molecule has 2 aliphatic heterocycles. The topological polar surface area (TPSA) is 18.5 Å². The minimum absolute atomic E-state index is 0.746. The predicted octanol–water partition coefficient (Wildman–Crippen LogP) is 0.764. The van der Waals surface area contributed by atoms with Gasteiger partial charge < -0.3 is 15.1 Å². The van der Waals surface area contributed by atoms with E-state index in [-0.39, 0.29) is 0 Å². The van der Waals surface area contributed by atoms with E-state index in [1.165, 1.54) is 52.0 Å². The fourth-order valence-corrected chi connectivity index (χ4v) is 2.88. The van der Waals surface area contributed by atoms with Gasteiger partial charge in [0, 0.05) is 25.2 Å². The van der Waals surface area contributed by atoms with Crippen LogP contribution in [0.5, 0.6) is 0 Å². The van der Waals surface area contributed by atoms with Crippen LogP contribution in [0.2, 0.25) is 0 Å². The van der Waals surface area contributed by atoms with Gasteiger partial charge in [0.2, 0.25) is 0 Å². The van der Waals surface area contributed by atoms with E-state index in [0.29, 0.717) is 0 Å². The highest BCUT2D eigenvalue weighted by molar-refractivity contribution is 4.85. The van der Waals surface area contributed by atoms with E-state index in [1.54, 1.807) is 0 Å². The van der Waals surface area contributed by atoms with E-state index in [1.807, 2.05) is 0 Å². The van der Waals surface area contributed by atoms with Crippen molar-refractivity contribution in [1.82, 2.24) is 15.1 Å². The highest BCUT2D eigenvalue weighted by Gasteiger charge is 2.24. The maximum atomic E-state index is 3.83. The summed E-state index contributed by atoms with van der Waals surface area (Å²) in [7, 11) is 2.22. The molecule has 0 aliphatic carbocycles. The Kier molecular flexibility index (Phi) is 4.00. The van der Waals surface area contributed by atoms with Crippen LogP contribution in [0.3, 0.4) is 0 Å². The van der Waals surface area contributed by atoms with Crippen LogP contribution in [0, 0.1) is 0 Å². The zero-order valence-corrected chi connectivity index (χ0v) is 10.2. The summed E-state index contributed by atoms with van der Waals surface area (Å²) in [6.45, 7) is 8.55. The lowest BCUT2D eigenvalue weighted by atomic mass is 10.0. The normalized spacial score (nSPS) is 34.8. The fraction of sp³-hybridized carbons (Fsp3) is 1.00. The van der Waals surface area contributed by atoms with Crippen LogP contribution >= 0.6 is 0 Å². The summed E-state index contributed by atoms with van der Waals surface area (Å²) in [4.78, 5) is 5.00. The average molecular weight is 211 g/mol. The molecule has 0 spiro atoms. The van der Waals surface area contributed by atoms with E-state index in [4.69, 9.17) is 0 Å². The number of hydrogen-bond donors (Lipinski definition) is 1. The number of nitrogens with one attached hydrogen (secondary N) is 1. The first-order valence-corrected chi connectivity index (χ1v) is 6.45. The lowest BCUT2D eigenvalue weighted by molar-refractivity contribution is 0.190. The predicted molar refractivity (Wildman–Crippen MR) is 64.2 cm³/mol. The number of nitrogens with zero attached hydrogens (tertiary/aromatic N) is 2. The summed E-state index contributed by atoms with van der Waals surface area (Å²) in [5.41, 5.74) is 0. The van der Waals surface area contributed by atoms with E-state index in [2.05, 4.69) is 29.1 Å². The average Bonchev–Trinajstić information content (AvgIpc) is 2.64. The van der Waals surface area contributed by atoms with Gasteiger partial charge in [0.05, 0.1) is 0 Å². The Morgan fingerprint density at radius 2 is 1.93 bits per heavy atom. The molecule has 0 bridgehead atoms. The second-order valence-electron chi connectivity index (χ2n) is 5.15. The number of likely N-dealkylation sites (N-methyl/N-ethyl adjacent to an activating group) is 2. The van der Waals surface area contributed by atoms with E-state index in [0.717, 1.165) is 12.1 Å². The second-order valence-corrected chi connectivity index (χ2v) is 5.15. The third-order valence-electron chi connectivity index (χ3n) is 3.82. The van der Waals surface area contributed by atoms with Crippen molar-refractivity contribution in [2.75, 3.05) is 39.8 Å². The van der Waals surface area contributed by atoms with Gasteiger partial charge in [-0.2, -0.15) is 0 Å². The quantitative estimate of drug-likeness (QED) is 0.744. The lowest BCUT2D eigenvalue weighted by Gasteiger charge is -2.34. The first-order valence-electron chi connectivity index (χ1n) is 6.45. The van der Waals surface area contributed by atoms with Gasteiger partial charge in [-0.25, -0.2) is 0 Å². The van der Waals surface area contributed by atoms with Gasteiger partial charge in [0.25, 0.3) is 0 Å². The first kappa shape index (κ1) is 11.4. The van der Waals surface area contributed by atoms with Crippen LogP contribution < -0.4 is 5.32 Å². The lowest BCUT2D eigenvalue weighted by Crippen LogP contribution is -2.49. The zero-order valence-electron chi connectivity index (χ0n) is 10.2. The molecule has 2 aliphatic rings. The van der Waals surface area contributed by atoms with E-state index >= 15 is 0 Å². The Morgan fingerprint density at radius 1 is 1.13 bits per heavy atom. The minimum Gasteiger partial charge on any atom is -0.309 e. The molecule has 2 heterocycles. The van der Waals surface area contributed by atoms with Crippen molar-refractivity contribution in [3.05, 3.63) is 0 Å². The van der Waals surface area contributed by atoms with Crippen LogP contribution in [-0.2, 0) is 0 Å². The SMILES string of the molecule is CCN1CCCC(NC2CCN(C)C2)C1. The van der Waals surface area contributed by atoms with Crippen LogP contribution in [0.15, 0.2) is 0 Å². The summed E-state index contributed by atoms with van der Waals surface area (Å²) in [5, 5.41) is 3.83. The Morgan fingerprint density at radius 3 is 2.60 bits per heavy atom. The molecule has 2 rings (SSSR count). The third kappa shape index (κ3) is 3.16. The van der Waals surface area contributed by atoms with Crippen molar-refractivity contribution < 1.29 is 0 Å². The standard InChI is InChI=1S/C12H25N3/c1-3-15-7-4-5-11(10-15)13-12-6-8-14(2)9-12/h11-13H,3-10H2,1-2H3. The van der Waals surface area contributed by atoms with Crippen molar-refractivity contribution in [3.63, 3.8) is 0 Å². The molecular weight excluding hydrogens is 186 g/mol.